The monoisotopic (exact) mass is 282 g/mol. The average molecular weight is 282 g/mol. The van der Waals surface area contributed by atoms with Crippen molar-refractivity contribution in [1.29, 1.82) is 0 Å². The van der Waals surface area contributed by atoms with Crippen LogP contribution in [0.25, 0.3) is 0 Å². The fourth-order valence-corrected chi connectivity index (χ4v) is 2.35. The number of benzene rings is 1. The van der Waals surface area contributed by atoms with Crippen LogP contribution in [0.5, 0.6) is 5.75 Å². The van der Waals surface area contributed by atoms with Crippen LogP contribution in [0.1, 0.15) is 0 Å². The highest BCUT2D eigenvalue weighted by Crippen LogP contribution is 2.15. The van der Waals surface area contributed by atoms with Crippen molar-refractivity contribution in [2.24, 2.45) is 0 Å². The summed E-state index contributed by atoms with van der Waals surface area (Å²) in [6, 6.07) is 6.51. The average Bonchev–Trinajstić information content (AvgIpc) is 2.41. The van der Waals surface area contributed by atoms with E-state index in [1.807, 2.05) is 14.1 Å². The lowest BCUT2D eigenvalue weighted by Gasteiger charge is -2.34. The highest BCUT2D eigenvalue weighted by atomic mass is 19.1. The van der Waals surface area contributed by atoms with E-state index < -0.39 is 0 Å². The third-order valence-electron chi connectivity index (χ3n) is 3.29. The summed E-state index contributed by atoms with van der Waals surface area (Å²) in [6.07, 6.45) is 0.243. The Morgan fingerprint density at radius 3 is 2.95 bits per heavy atom. The number of likely N-dealkylation sites (N-methyl/N-ethyl adjacent to an activating group) is 1. The summed E-state index contributed by atoms with van der Waals surface area (Å²) in [6.45, 7) is 4.77. The summed E-state index contributed by atoms with van der Waals surface area (Å²) in [5.41, 5.74) is 0. The van der Waals surface area contributed by atoms with Gasteiger partial charge in [-0.1, -0.05) is 12.1 Å². The predicted octanol–water partition coefficient (Wildman–Crippen LogP) is 1.47. The number of hydrogen-bond acceptors (Lipinski definition) is 4. The van der Waals surface area contributed by atoms with Gasteiger partial charge in [0.2, 0.25) is 0 Å². The van der Waals surface area contributed by atoms with E-state index in [0.29, 0.717) is 12.4 Å². The van der Waals surface area contributed by atoms with Crippen molar-refractivity contribution >= 4 is 0 Å². The molecule has 1 fully saturated rings. The first-order valence-electron chi connectivity index (χ1n) is 7.01. The maximum Gasteiger partial charge on any atom is 0.165 e. The zero-order valence-corrected chi connectivity index (χ0v) is 12.2. The van der Waals surface area contributed by atoms with Crippen LogP contribution in [0.4, 0.5) is 4.39 Å². The Morgan fingerprint density at radius 1 is 1.40 bits per heavy atom. The van der Waals surface area contributed by atoms with Gasteiger partial charge in [-0.3, -0.25) is 4.90 Å². The molecule has 0 bridgehead atoms. The van der Waals surface area contributed by atoms with E-state index in [9.17, 15) is 4.39 Å². The third kappa shape index (κ3) is 4.74. The van der Waals surface area contributed by atoms with Crippen LogP contribution in [0, 0.1) is 5.82 Å². The van der Waals surface area contributed by atoms with Crippen molar-refractivity contribution in [3.05, 3.63) is 30.1 Å². The van der Waals surface area contributed by atoms with Crippen molar-refractivity contribution in [3.8, 4) is 5.75 Å². The van der Waals surface area contributed by atoms with E-state index >= 15 is 0 Å². The number of ether oxygens (including phenoxy) is 2. The number of hydrogen-bond donors (Lipinski definition) is 0. The summed E-state index contributed by atoms with van der Waals surface area (Å²) >= 11 is 0. The van der Waals surface area contributed by atoms with E-state index in [-0.39, 0.29) is 11.9 Å². The topological polar surface area (TPSA) is 24.9 Å². The van der Waals surface area contributed by atoms with Gasteiger partial charge in [0.05, 0.1) is 12.7 Å². The van der Waals surface area contributed by atoms with Crippen molar-refractivity contribution in [2.45, 2.75) is 6.10 Å². The van der Waals surface area contributed by atoms with E-state index in [1.54, 1.807) is 18.2 Å². The second-order valence-corrected chi connectivity index (χ2v) is 5.33. The quantitative estimate of drug-likeness (QED) is 0.789. The van der Waals surface area contributed by atoms with Crippen molar-refractivity contribution in [3.63, 3.8) is 0 Å². The van der Waals surface area contributed by atoms with Crippen LogP contribution in [0.15, 0.2) is 24.3 Å². The summed E-state index contributed by atoms with van der Waals surface area (Å²) < 4.78 is 24.6. The highest BCUT2D eigenvalue weighted by Gasteiger charge is 2.20. The number of halogens is 1. The molecule has 0 saturated carbocycles. The molecular formula is C15H23FN2O2. The van der Waals surface area contributed by atoms with Gasteiger partial charge in [-0.05, 0) is 26.2 Å². The molecule has 1 aliphatic rings. The Balaban J connectivity index is 1.72. The van der Waals surface area contributed by atoms with Gasteiger partial charge in [-0.15, -0.1) is 0 Å². The van der Waals surface area contributed by atoms with Crippen LogP contribution < -0.4 is 4.74 Å². The van der Waals surface area contributed by atoms with Crippen LogP contribution in [-0.4, -0.2) is 69.4 Å². The predicted molar refractivity (Wildman–Crippen MR) is 76.6 cm³/mol. The Morgan fingerprint density at radius 2 is 2.20 bits per heavy atom. The van der Waals surface area contributed by atoms with Gasteiger partial charge in [0.25, 0.3) is 0 Å². The largest absolute Gasteiger partial charge is 0.489 e. The van der Waals surface area contributed by atoms with Crippen molar-refractivity contribution in [1.82, 2.24) is 9.80 Å². The summed E-state index contributed by atoms with van der Waals surface area (Å²) in [5.74, 6) is 0.0190. The van der Waals surface area contributed by atoms with Gasteiger partial charge in [0.1, 0.15) is 6.61 Å². The van der Waals surface area contributed by atoms with Gasteiger partial charge in [-0.2, -0.15) is 0 Å². The normalized spacial score (nSPS) is 20.3. The number of para-hydroxylation sites is 1. The van der Waals surface area contributed by atoms with E-state index in [0.717, 1.165) is 32.8 Å². The molecule has 1 unspecified atom stereocenters. The molecule has 1 heterocycles. The lowest BCUT2D eigenvalue weighted by atomic mass is 10.2. The first-order valence-corrected chi connectivity index (χ1v) is 7.01. The smallest absolute Gasteiger partial charge is 0.165 e. The molecule has 1 aromatic rings. The van der Waals surface area contributed by atoms with E-state index in [2.05, 4.69) is 9.80 Å². The molecule has 112 valence electrons. The molecule has 2 rings (SSSR count). The van der Waals surface area contributed by atoms with Gasteiger partial charge in [0, 0.05) is 26.2 Å². The number of rotatable bonds is 6. The summed E-state index contributed by atoms with van der Waals surface area (Å²) in [5, 5.41) is 0. The molecule has 0 amide bonds. The molecule has 0 radical (unpaired) electrons. The standard InChI is InChI=1S/C15H23FN2O2/c1-17(2)11-13-12-18(7-9-19-13)8-10-20-15-6-4-3-5-14(15)16/h3-6,13H,7-12H2,1-2H3. The molecule has 1 aliphatic heterocycles. The number of nitrogens with zero attached hydrogens (tertiary/aromatic N) is 2. The SMILES string of the molecule is CN(C)CC1CN(CCOc2ccccc2F)CCO1. The molecule has 0 N–H and O–H groups in total. The first-order chi connectivity index (χ1) is 9.65. The summed E-state index contributed by atoms with van der Waals surface area (Å²) in [7, 11) is 4.09. The maximum atomic E-state index is 13.4. The van der Waals surface area contributed by atoms with Crippen LogP contribution in [0.2, 0.25) is 0 Å². The molecule has 0 aliphatic carbocycles. The molecular weight excluding hydrogens is 259 g/mol. The lowest BCUT2D eigenvalue weighted by Crippen LogP contribution is -2.47. The maximum absolute atomic E-state index is 13.4. The van der Waals surface area contributed by atoms with E-state index in [4.69, 9.17) is 9.47 Å². The minimum atomic E-state index is -0.306. The molecule has 4 nitrogen and oxygen atoms in total. The fraction of sp³-hybridized carbons (Fsp3) is 0.600. The Bertz CT molecular complexity index is 415. The van der Waals surface area contributed by atoms with E-state index in [1.165, 1.54) is 6.07 Å². The van der Waals surface area contributed by atoms with Crippen LogP contribution >= 0.6 is 0 Å². The van der Waals surface area contributed by atoms with Gasteiger partial charge >= 0.3 is 0 Å². The molecule has 0 spiro atoms. The van der Waals surface area contributed by atoms with Gasteiger partial charge in [-0.25, -0.2) is 4.39 Å². The van der Waals surface area contributed by atoms with Crippen LogP contribution in [-0.2, 0) is 4.74 Å². The zero-order chi connectivity index (χ0) is 14.4. The Hall–Kier alpha value is -1.17. The van der Waals surface area contributed by atoms with Crippen LogP contribution in [0.3, 0.4) is 0 Å². The molecule has 5 heteroatoms. The zero-order valence-electron chi connectivity index (χ0n) is 12.2. The summed E-state index contributed by atoms with van der Waals surface area (Å²) in [4.78, 5) is 4.43. The van der Waals surface area contributed by atoms with Gasteiger partial charge < -0.3 is 14.4 Å². The Labute approximate surface area is 120 Å². The molecule has 1 aromatic carbocycles. The molecule has 20 heavy (non-hydrogen) atoms. The lowest BCUT2D eigenvalue weighted by molar-refractivity contribution is -0.0406. The number of morpholine rings is 1. The first kappa shape index (κ1) is 15.2. The fourth-order valence-electron chi connectivity index (χ4n) is 2.35. The minimum absolute atomic E-state index is 0.243. The van der Waals surface area contributed by atoms with Crippen molar-refractivity contribution in [2.75, 3.05) is 53.5 Å². The third-order valence-corrected chi connectivity index (χ3v) is 3.29. The second kappa shape index (κ2) is 7.57. The molecule has 1 saturated heterocycles. The van der Waals surface area contributed by atoms with Gasteiger partial charge in [0.15, 0.2) is 11.6 Å². The minimum Gasteiger partial charge on any atom is -0.489 e. The molecule has 0 aromatic heterocycles. The van der Waals surface area contributed by atoms with Crippen molar-refractivity contribution < 1.29 is 13.9 Å². The second-order valence-electron chi connectivity index (χ2n) is 5.33. The molecule has 1 atom stereocenters. The highest BCUT2D eigenvalue weighted by molar-refractivity contribution is 5.23. The Kier molecular flexibility index (Phi) is 5.76.